The van der Waals surface area contributed by atoms with E-state index in [-0.39, 0.29) is 0 Å². The Labute approximate surface area is 123 Å². The van der Waals surface area contributed by atoms with E-state index in [0.717, 1.165) is 37.1 Å². The first-order valence-corrected chi connectivity index (χ1v) is 8.07. The van der Waals surface area contributed by atoms with Crippen LogP contribution in [0.4, 0.5) is 5.82 Å². The lowest BCUT2D eigenvalue weighted by atomic mass is 10.2. The van der Waals surface area contributed by atoms with Crippen LogP contribution in [0.2, 0.25) is 0 Å². The van der Waals surface area contributed by atoms with Crippen molar-refractivity contribution in [2.24, 2.45) is 0 Å². The molecule has 2 aromatic heterocycles. The number of ether oxygens (including phenoxy) is 1. The van der Waals surface area contributed by atoms with Gasteiger partial charge in [0.2, 0.25) is 0 Å². The van der Waals surface area contributed by atoms with Crippen LogP contribution >= 0.6 is 11.3 Å². The standard InChI is InChI=1S/C14H22N4OS/c1-10(2)15-8-12-13(16-14-18(12)5-7-20-14)17-4-6-19-9-11(17)3/h5,7,10-11,15H,4,6,8-9H2,1-3H3. The molecule has 20 heavy (non-hydrogen) atoms. The van der Waals surface area contributed by atoms with Gasteiger partial charge in [-0.25, -0.2) is 4.98 Å². The van der Waals surface area contributed by atoms with Crippen molar-refractivity contribution in [1.82, 2.24) is 14.7 Å². The van der Waals surface area contributed by atoms with Crippen LogP contribution in [0.25, 0.3) is 4.96 Å². The zero-order valence-electron chi connectivity index (χ0n) is 12.3. The van der Waals surface area contributed by atoms with Gasteiger partial charge in [0.1, 0.15) is 0 Å². The number of anilines is 1. The molecule has 1 aliphatic rings. The van der Waals surface area contributed by atoms with Crippen molar-refractivity contribution in [3.8, 4) is 0 Å². The lowest BCUT2D eigenvalue weighted by molar-refractivity contribution is 0.0985. The number of fused-ring (bicyclic) bond motifs is 1. The first-order valence-electron chi connectivity index (χ1n) is 7.19. The van der Waals surface area contributed by atoms with Gasteiger partial charge in [0.05, 0.1) is 24.9 Å². The summed E-state index contributed by atoms with van der Waals surface area (Å²) in [4.78, 5) is 8.28. The average Bonchev–Trinajstić information content (AvgIpc) is 2.97. The Kier molecular flexibility index (Phi) is 3.96. The summed E-state index contributed by atoms with van der Waals surface area (Å²) in [5, 5.41) is 5.60. The molecule has 0 radical (unpaired) electrons. The first kappa shape index (κ1) is 13.9. The van der Waals surface area contributed by atoms with E-state index in [4.69, 9.17) is 9.72 Å². The molecule has 1 unspecified atom stereocenters. The van der Waals surface area contributed by atoms with Crippen LogP contribution in [0.3, 0.4) is 0 Å². The third-order valence-electron chi connectivity index (χ3n) is 3.66. The Morgan fingerprint density at radius 1 is 1.55 bits per heavy atom. The summed E-state index contributed by atoms with van der Waals surface area (Å²) in [6.07, 6.45) is 2.11. The second-order valence-corrected chi connectivity index (χ2v) is 6.46. The number of nitrogens with one attached hydrogen (secondary N) is 1. The number of aromatic nitrogens is 2. The number of thiazole rings is 1. The fourth-order valence-electron chi connectivity index (χ4n) is 2.56. The fourth-order valence-corrected chi connectivity index (χ4v) is 3.29. The van der Waals surface area contributed by atoms with E-state index in [1.54, 1.807) is 11.3 Å². The van der Waals surface area contributed by atoms with Crippen LogP contribution < -0.4 is 10.2 Å². The summed E-state index contributed by atoms with van der Waals surface area (Å²) in [7, 11) is 0. The van der Waals surface area contributed by atoms with Crippen molar-refractivity contribution in [2.75, 3.05) is 24.7 Å². The minimum absolute atomic E-state index is 0.381. The molecule has 6 heteroatoms. The summed E-state index contributed by atoms with van der Waals surface area (Å²) < 4.78 is 7.74. The minimum Gasteiger partial charge on any atom is -0.377 e. The highest BCUT2D eigenvalue weighted by molar-refractivity contribution is 7.15. The van der Waals surface area contributed by atoms with Gasteiger partial charge in [0.25, 0.3) is 0 Å². The molecule has 1 aliphatic heterocycles. The van der Waals surface area contributed by atoms with E-state index in [1.165, 1.54) is 5.69 Å². The molecule has 1 atom stereocenters. The maximum absolute atomic E-state index is 5.54. The predicted octanol–water partition coefficient (Wildman–Crippen LogP) is 2.12. The lowest BCUT2D eigenvalue weighted by Gasteiger charge is -2.34. The maximum atomic E-state index is 5.54. The number of imidazole rings is 1. The molecule has 3 heterocycles. The average molecular weight is 294 g/mol. The molecule has 0 spiro atoms. The van der Waals surface area contributed by atoms with Crippen molar-refractivity contribution in [3.63, 3.8) is 0 Å². The van der Waals surface area contributed by atoms with Crippen molar-refractivity contribution >= 4 is 22.1 Å². The summed E-state index contributed by atoms with van der Waals surface area (Å²) >= 11 is 1.69. The third-order valence-corrected chi connectivity index (χ3v) is 4.41. The number of morpholine rings is 1. The van der Waals surface area contributed by atoms with E-state index < -0.39 is 0 Å². The molecule has 110 valence electrons. The molecule has 0 bridgehead atoms. The highest BCUT2D eigenvalue weighted by Gasteiger charge is 2.25. The Hall–Kier alpha value is -1.11. The van der Waals surface area contributed by atoms with Gasteiger partial charge >= 0.3 is 0 Å². The summed E-state index contributed by atoms with van der Waals surface area (Å²) in [6, 6.07) is 0.848. The van der Waals surface area contributed by atoms with Gasteiger partial charge in [-0.2, -0.15) is 0 Å². The lowest BCUT2D eigenvalue weighted by Crippen LogP contribution is -2.44. The molecule has 5 nitrogen and oxygen atoms in total. The van der Waals surface area contributed by atoms with E-state index >= 15 is 0 Å². The molecule has 1 N–H and O–H groups in total. The van der Waals surface area contributed by atoms with Gasteiger partial charge in [0, 0.05) is 30.7 Å². The number of hydrogen-bond acceptors (Lipinski definition) is 5. The minimum atomic E-state index is 0.381. The van der Waals surface area contributed by atoms with Gasteiger partial charge < -0.3 is 15.0 Å². The highest BCUT2D eigenvalue weighted by Crippen LogP contribution is 2.27. The molecule has 1 saturated heterocycles. The van der Waals surface area contributed by atoms with Gasteiger partial charge in [0.15, 0.2) is 10.8 Å². The Bertz CT molecular complexity index is 577. The highest BCUT2D eigenvalue weighted by atomic mass is 32.1. The zero-order chi connectivity index (χ0) is 14.1. The van der Waals surface area contributed by atoms with E-state index in [2.05, 4.69) is 47.0 Å². The van der Waals surface area contributed by atoms with E-state index in [1.807, 2.05) is 0 Å². The maximum Gasteiger partial charge on any atom is 0.195 e. The van der Waals surface area contributed by atoms with Gasteiger partial charge in [-0.3, -0.25) is 4.40 Å². The summed E-state index contributed by atoms with van der Waals surface area (Å²) in [6.45, 7) is 9.86. The van der Waals surface area contributed by atoms with Crippen LogP contribution in [-0.2, 0) is 11.3 Å². The third kappa shape index (κ3) is 2.55. The molecular formula is C14H22N4OS. The smallest absolute Gasteiger partial charge is 0.195 e. The second kappa shape index (κ2) is 5.71. The van der Waals surface area contributed by atoms with Gasteiger partial charge in [-0.15, -0.1) is 11.3 Å². The normalized spacial score (nSPS) is 20.2. The quantitative estimate of drug-likeness (QED) is 0.938. The van der Waals surface area contributed by atoms with Gasteiger partial charge in [-0.05, 0) is 6.92 Å². The number of rotatable bonds is 4. The van der Waals surface area contributed by atoms with Crippen LogP contribution in [0.15, 0.2) is 11.6 Å². The number of nitrogens with zero attached hydrogens (tertiary/aromatic N) is 3. The molecular weight excluding hydrogens is 272 g/mol. The first-order chi connectivity index (χ1) is 9.66. The van der Waals surface area contributed by atoms with E-state index in [9.17, 15) is 0 Å². The fraction of sp³-hybridized carbons (Fsp3) is 0.643. The molecule has 3 rings (SSSR count). The molecule has 0 amide bonds. The van der Waals surface area contributed by atoms with Crippen LogP contribution in [0.5, 0.6) is 0 Å². The molecule has 0 aromatic carbocycles. The zero-order valence-corrected chi connectivity index (χ0v) is 13.1. The second-order valence-electron chi connectivity index (χ2n) is 5.59. The Balaban J connectivity index is 1.95. The van der Waals surface area contributed by atoms with E-state index in [0.29, 0.717) is 12.1 Å². The molecule has 2 aromatic rings. The van der Waals surface area contributed by atoms with Crippen LogP contribution in [-0.4, -0.2) is 41.2 Å². The monoisotopic (exact) mass is 294 g/mol. The van der Waals surface area contributed by atoms with Crippen molar-refractivity contribution in [1.29, 1.82) is 0 Å². The largest absolute Gasteiger partial charge is 0.377 e. The predicted molar refractivity (Wildman–Crippen MR) is 82.7 cm³/mol. The molecule has 0 saturated carbocycles. The van der Waals surface area contributed by atoms with Crippen molar-refractivity contribution in [3.05, 3.63) is 17.3 Å². The Morgan fingerprint density at radius 2 is 2.40 bits per heavy atom. The topological polar surface area (TPSA) is 41.8 Å². The van der Waals surface area contributed by atoms with Crippen LogP contribution in [0.1, 0.15) is 26.5 Å². The van der Waals surface area contributed by atoms with Gasteiger partial charge in [-0.1, -0.05) is 13.8 Å². The van der Waals surface area contributed by atoms with Crippen LogP contribution in [0, 0.1) is 0 Å². The Morgan fingerprint density at radius 3 is 3.15 bits per heavy atom. The summed E-state index contributed by atoms with van der Waals surface area (Å²) in [5.74, 6) is 1.11. The SMILES string of the molecule is CC(C)NCc1c(N2CCOCC2C)nc2sccn12. The molecule has 0 aliphatic carbocycles. The van der Waals surface area contributed by atoms with Crippen molar-refractivity contribution in [2.45, 2.75) is 39.4 Å². The summed E-state index contributed by atoms with van der Waals surface area (Å²) in [5.41, 5.74) is 1.25. The molecule has 1 fully saturated rings. The van der Waals surface area contributed by atoms with Crippen molar-refractivity contribution < 1.29 is 4.74 Å². The number of hydrogen-bond donors (Lipinski definition) is 1.